The second-order valence-corrected chi connectivity index (χ2v) is 13.4. The van der Waals surface area contributed by atoms with Crippen molar-refractivity contribution in [3.05, 3.63) is 41.9 Å². The number of anilines is 1. The molecule has 0 radical (unpaired) electrons. The summed E-state index contributed by atoms with van der Waals surface area (Å²) in [6.07, 6.45) is 1.77. The van der Waals surface area contributed by atoms with Crippen LogP contribution < -0.4 is 20.5 Å². The Morgan fingerprint density at radius 3 is 2.63 bits per heavy atom. The third-order valence-corrected chi connectivity index (χ3v) is 9.77. The van der Waals surface area contributed by atoms with E-state index in [1.54, 1.807) is 19.2 Å². The van der Waals surface area contributed by atoms with Gasteiger partial charge >= 0.3 is 13.7 Å². The van der Waals surface area contributed by atoms with Crippen LogP contribution in [0.3, 0.4) is 0 Å². The van der Waals surface area contributed by atoms with Gasteiger partial charge in [-0.2, -0.15) is 5.09 Å². The van der Waals surface area contributed by atoms with Gasteiger partial charge in [-0.25, -0.2) is 25.4 Å². The average molecular weight is 638 g/mol. The fourth-order valence-corrected chi connectivity index (χ4v) is 7.01. The predicted molar refractivity (Wildman–Crippen MR) is 153 cm³/mol. The lowest BCUT2D eigenvalue weighted by molar-refractivity contribution is -0.156. The Kier molecular flexibility index (Phi) is 7.88. The number of halogens is 1. The molecule has 2 saturated carbocycles. The number of aliphatic hydroxyl groups excluding tert-OH is 1. The molecule has 6 rings (SSSR count). The summed E-state index contributed by atoms with van der Waals surface area (Å²) in [5, 5.41) is 27.0. The molecule has 0 spiro atoms. The number of hydrogen-bond donors (Lipinski definition) is 4. The highest BCUT2D eigenvalue weighted by molar-refractivity contribution is 7.52. The molecular weight excluding hydrogens is 605 g/mol. The Labute approximate surface area is 251 Å². The van der Waals surface area contributed by atoms with Crippen LogP contribution in [0.2, 0.25) is 5.02 Å². The first kappa shape index (κ1) is 30.2. The summed E-state index contributed by atoms with van der Waals surface area (Å²) in [6.45, 7) is 0.919. The highest BCUT2D eigenvalue weighted by atomic mass is 35.5. The molecule has 2 aliphatic carbocycles. The number of ether oxygens (including phenoxy) is 2. The fraction of sp³-hybridized carbons (Fsp3) is 0.538. The molecule has 17 heteroatoms. The van der Waals surface area contributed by atoms with E-state index in [2.05, 4.69) is 20.0 Å². The quantitative estimate of drug-likeness (QED) is 0.103. The van der Waals surface area contributed by atoms with Crippen LogP contribution in [0.25, 0.3) is 11.2 Å². The van der Waals surface area contributed by atoms with Crippen molar-refractivity contribution in [2.45, 2.75) is 74.7 Å². The summed E-state index contributed by atoms with van der Waals surface area (Å²) < 4.78 is 38.9. The minimum absolute atomic E-state index is 0.142. The van der Waals surface area contributed by atoms with Crippen molar-refractivity contribution in [2.24, 2.45) is 5.84 Å². The SMILES string of the molecule is CN(N)c1ncnc2c1ncn2C1OC(COP(=O)(NC2(C(=O)OC3CC3)CCC2)Oc2ccc(Cl)cc2)[C@@H](O)[C@@]1(C)O. The topological polar surface area (TPSA) is 196 Å². The number of fused-ring (bicyclic) bond motifs is 1. The van der Waals surface area contributed by atoms with Crippen LogP contribution in [-0.2, 0) is 23.4 Å². The molecule has 1 saturated heterocycles. The monoisotopic (exact) mass is 637 g/mol. The van der Waals surface area contributed by atoms with Crippen molar-refractivity contribution < 1.29 is 38.1 Å². The number of rotatable bonds is 11. The molecule has 3 aliphatic rings. The number of aromatic nitrogens is 4. The van der Waals surface area contributed by atoms with Crippen molar-refractivity contribution in [2.75, 3.05) is 18.7 Å². The minimum atomic E-state index is -4.30. The summed E-state index contributed by atoms with van der Waals surface area (Å²) in [5.41, 5.74) is -2.44. The Hall–Kier alpha value is -2.88. The van der Waals surface area contributed by atoms with E-state index in [-0.39, 0.29) is 11.9 Å². The highest BCUT2D eigenvalue weighted by Crippen LogP contribution is 2.52. The maximum absolute atomic E-state index is 14.2. The van der Waals surface area contributed by atoms with Gasteiger partial charge in [-0.1, -0.05) is 11.6 Å². The van der Waals surface area contributed by atoms with E-state index in [0.717, 1.165) is 12.8 Å². The molecule has 15 nitrogen and oxygen atoms in total. The van der Waals surface area contributed by atoms with Crippen molar-refractivity contribution in [3.8, 4) is 5.75 Å². The summed E-state index contributed by atoms with van der Waals surface area (Å²) in [7, 11) is -2.71. The van der Waals surface area contributed by atoms with Crippen molar-refractivity contribution >= 4 is 42.3 Å². The van der Waals surface area contributed by atoms with Gasteiger partial charge in [0.05, 0.1) is 12.9 Å². The van der Waals surface area contributed by atoms with Crippen molar-refractivity contribution in [1.82, 2.24) is 24.6 Å². The minimum Gasteiger partial charge on any atom is -0.461 e. The maximum atomic E-state index is 14.2. The Morgan fingerprint density at radius 1 is 1.28 bits per heavy atom. The zero-order valence-electron chi connectivity index (χ0n) is 23.5. The number of hydrazine groups is 1. The summed E-state index contributed by atoms with van der Waals surface area (Å²) in [6, 6.07) is 6.13. The Morgan fingerprint density at radius 2 is 2.00 bits per heavy atom. The molecule has 0 bridgehead atoms. The van der Waals surface area contributed by atoms with Crippen LogP contribution in [0, 0.1) is 0 Å². The number of nitrogens with one attached hydrogen (secondary N) is 1. The molecule has 3 fully saturated rings. The molecule has 43 heavy (non-hydrogen) atoms. The second kappa shape index (κ2) is 11.2. The molecule has 232 valence electrons. The van der Waals surface area contributed by atoms with Gasteiger partial charge in [-0.05, 0) is 63.3 Å². The third kappa shape index (κ3) is 5.83. The molecule has 0 amide bonds. The number of nitrogens with two attached hydrogens (primary N) is 1. The fourth-order valence-electron chi connectivity index (χ4n) is 5.14. The summed E-state index contributed by atoms with van der Waals surface area (Å²) in [5.74, 6) is 5.87. The predicted octanol–water partition coefficient (Wildman–Crippen LogP) is 2.22. The number of esters is 1. The maximum Gasteiger partial charge on any atom is 0.459 e. The number of benzene rings is 1. The Balaban J connectivity index is 1.24. The van der Waals surface area contributed by atoms with Gasteiger partial charge in [0, 0.05) is 12.1 Å². The first-order valence-corrected chi connectivity index (χ1v) is 15.7. The lowest BCUT2D eigenvalue weighted by Gasteiger charge is -2.41. The number of hydrogen-bond acceptors (Lipinski definition) is 13. The van der Waals surface area contributed by atoms with Crippen molar-refractivity contribution in [1.29, 1.82) is 0 Å². The second-order valence-electron chi connectivity index (χ2n) is 11.3. The van der Waals surface area contributed by atoms with Gasteiger partial charge in [0.25, 0.3) is 0 Å². The van der Waals surface area contributed by atoms with Crippen LogP contribution in [0.15, 0.2) is 36.9 Å². The smallest absolute Gasteiger partial charge is 0.459 e. The van der Waals surface area contributed by atoms with E-state index >= 15 is 0 Å². The largest absolute Gasteiger partial charge is 0.461 e. The molecule has 1 aliphatic heterocycles. The van der Waals surface area contributed by atoms with Crippen molar-refractivity contribution in [3.63, 3.8) is 0 Å². The van der Waals surface area contributed by atoms with Crippen LogP contribution in [0.4, 0.5) is 5.82 Å². The van der Waals surface area contributed by atoms with E-state index in [0.29, 0.717) is 41.3 Å². The van der Waals surface area contributed by atoms with Crippen LogP contribution in [0.5, 0.6) is 5.75 Å². The summed E-state index contributed by atoms with van der Waals surface area (Å²) in [4.78, 5) is 25.8. The zero-order chi connectivity index (χ0) is 30.6. The lowest BCUT2D eigenvalue weighted by atomic mass is 9.78. The molecular formula is C26H33ClN7O8P. The normalized spacial score (nSPS) is 27.8. The van der Waals surface area contributed by atoms with E-state index in [1.165, 1.54) is 41.3 Å². The lowest BCUT2D eigenvalue weighted by Crippen LogP contribution is -2.57. The van der Waals surface area contributed by atoms with Gasteiger partial charge in [-0.3, -0.25) is 18.9 Å². The third-order valence-electron chi connectivity index (χ3n) is 7.88. The molecule has 3 unspecified atom stereocenters. The van der Waals surface area contributed by atoms with E-state index in [1.807, 2.05) is 0 Å². The number of carbonyl (C=O) groups is 1. The number of nitrogens with zero attached hydrogens (tertiary/aromatic N) is 5. The zero-order valence-corrected chi connectivity index (χ0v) is 25.1. The standard InChI is InChI=1S/C26H33ClN7O8P/c1-25(37)20(35)18(41-23(25)34-14-31-19-21(33(2)28)29-13-30-22(19)34)12-39-43(38,42-17-6-4-15(27)5-7-17)32-26(10-3-11-26)24(36)40-16-8-9-16/h4-7,13-14,16,18,20,23,35,37H,3,8-12,28H2,1-2H3,(H,32,38)/t18?,20-,23?,25-,43?/m1/s1. The van der Waals surface area contributed by atoms with Gasteiger partial charge in [0.2, 0.25) is 0 Å². The number of carbonyl (C=O) groups excluding carboxylic acids is 1. The number of aliphatic hydroxyl groups is 2. The summed E-state index contributed by atoms with van der Waals surface area (Å²) >= 11 is 6.00. The molecule has 1 aromatic carbocycles. The first-order valence-electron chi connectivity index (χ1n) is 13.8. The van der Waals surface area contributed by atoms with Gasteiger partial charge < -0.3 is 24.2 Å². The van der Waals surface area contributed by atoms with Gasteiger partial charge in [0.1, 0.15) is 41.5 Å². The van der Waals surface area contributed by atoms with E-state index < -0.39 is 49.9 Å². The number of imidazole rings is 1. The Bertz CT molecular complexity index is 1550. The molecule has 5 atom stereocenters. The average Bonchev–Trinajstić information content (AvgIpc) is 3.61. The molecule has 2 aromatic heterocycles. The van der Waals surface area contributed by atoms with Gasteiger partial charge in [-0.15, -0.1) is 0 Å². The van der Waals surface area contributed by atoms with Gasteiger partial charge in [0.15, 0.2) is 23.2 Å². The highest BCUT2D eigenvalue weighted by Gasteiger charge is 2.56. The van der Waals surface area contributed by atoms with Crippen LogP contribution in [0.1, 0.15) is 45.3 Å². The molecule has 3 aromatic rings. The molecule has 5 N–H and O–H groups in total. The van der Waals surface area contributed by atoms with Crippen LogP contribution in [-0.4, -0.2) is 78.8 Å². The first-order chi connectivity index (χ1) is 20.4. The van der Waals surface area contributed by atoms with E-state index in [9.17, 15) is 19.6 Å². The molecule has 3 heterocycles. The van der Waals surface area contributed by atoms with E-state index in [4.69, 9.17) is 36.0 Å². The van der Waals surface area contributed by atoms with Crippen LogP contribution >= 0.6 is 19.3 Å².